The molecule has 4 nitrogen and oxygen atoms in total. The molecule has 6 heteroatoms. The Bertz CT molecular complexity index is 1010. The number of ether oxygens (including phenoxy) is 1. The lowest BCUT2D eigenvalue weighted by Gasteiger charge is -2.21. The van der Waals surface area contributed by atoms with Gasteiger partial charge < -0.3 is 10.1 Å². The Balaban J connectivity index is 1.73. The monoisotopic (exact) mass is 425 g/mol. The molecule has 0 aliphatic carbocycles. The van der Waals surface area contributed by atoms with Gasteiger partial charge in [0.2, 0.25) is 0 Å². The number of halogens is 2. The summed E-state index contributed by atoms with van der Waals surface area (Å²) in [7, 11) is 0. The van der Waals surface area contributed by atoms with Crippen LogP contribution in [0.5, 0.6) is 0 Å². The summed E-state index contributed by atoms with van der Waals surface area (Å²) in [6.45, 7) is 1.71. The first-order valence-corrected chi connectivity index (χ1v) is 9.87. The van der Waals surface area contributed by atoms with Gasteiger partial charge in [0.1, 0.15) is 11.9 Å². The minimum absolute atomic E-state index is 0.0637. The number of nitrogens with one attached hydrogen (secondary N) is 1. The van der Waals surface area contributed by atoms with Gasteiger partial charge in [0.25, 0.3) is 5.91 Å². The van der Waals surface area contributed by atoms with Gasteiger partial charge in [-0.25, -0.2) is 4.39 Å². The molecule has 0 aliphatic heterocycles. The topological polar surface area (TPSA) is 55.4 Å². The molecule has 2 unspecified atom stereocenters. The number of rotatable bonds is 7. The largest absolute Gasteiger partial charge is 0.458 e. The van der Waals surface area contributed by atoms with Gasteiger partial charge in [-0.05, 0) is 42.3 Å². The molecule has 0 aromatic heterocycles. The molecule has 0 saturated carbocycles. The van der Waals surface area contributed by atoms with Gasteiger partial charge in [-0.1, -0.05) is 66.2 Å². The molecule has 0 radical (unpaired) electrons. The van der Waals surface area contributed by atoms with E-state index in [-0.39, 0.29) is 18.1 Å². The molecule has 0 aliphatic rings. The van der Waals surface area contributed by atoms with Crippen LogP contribution in [0.4, 0.5) is 4.39 Å². The third-order valence-corrected chi connectivity index (χ3v) is 4.97. The van der Waals surface area contributed by atoms with Gasteiger partial charge in [0.05, 0.1) is 23.0 Å². The maximum Gasteiger partial charge on any atom is 0.308 e. The molecule has 0 fully saturated rings. The highest BCUT2D eigenvalue weighted by Crippen LogP contribution is 2.23. The van der Waals surface area contributed by atoms with Gasteiger partial charge in [-0.15, -0.1) is 0 Å². The van der Waals surface area contributed by atoms with Crippen molar-refractivity contribution < 1.29 is 18.7 Å². The van der Waals surface area contributed by atoms with E-state index in [4.69, 9.17) is 16.3 Å². The summed E-state index contributed by atoms with van der Waals surface area (Å²) in [5, 5.41) is 3.20. The van der Waals surface area contributed by atoms with Gasteiger partial charge in [0.15, 0.2) is 0 Å². The summed E-state index contributed by atoms with van der Waals surface area (Å²) < 4.78 is 18.6. The van der Waals surface area contributed by atoms with Crippen LogP contribution in [0.15, 0.2) is 78.9 Å². The lowest BCUT2D eigenvalue weighted by atomic mass is 10.0. The standard InChI is InChI=1S/C24H21ClFNO3/c1-16(17-11-13-19(26)14-12-17)30-23(28)15-22(18-7-3-2-4-8-18)27-24(29)20-9-5-6-10-21(20)25/h2-14,16,22H,15H2,1H3,(H,27,29). The number of hydrogen-bond acceptors (Lipinski definition) is 3. The fourth-order valence-corrected chi connectivity index (χ4v) is 3.25. The van der Waals surface area contributed by atoms with Gasteiger partial charge >= 0.3 is 5.97 Å². The second-order valence-corrected chi connectivity index (χ2v) is 7.21. The fourth-order valence-electron chi connectivity index (χ4n) is 3.03. The van der Waals surface area contributed by atoms with Crippen molar-refractivity contribution in [2.75, 3.05) is 0 Å². The number of carbonyl (C=O) groups is 2. The second-order valence-electron chi connectivity index (χ2n) is 6.80. The van der Waals surface area contributed by atoms with Gasteiger partial charge in [-0.2, -0.15) is 0 Å². The predicted octanol–water partition coefficient (Wildman–Crippen LogP) is 5.64. The number of carbonyl (C=O) groups excluding carboxylic acids is 2. The first-order valence-electron chi connectivity index (χ1n) is 9.49. The first-order chi connectivity index (χ1) is 14.4. The van der Waals surface area contributed by atoms with Crippen LogP contribution in [-0.4, -0.2) is 11.9 Å². The Morgan fingerprint density at radius 2 is 1.57 bits per heavy atom. The maximum absolute atomic E-state index is 13.1. The van der Waals surface area contributed by atoms with E-state index in [9.17, 15) is 14.0 Å². The molecule has 1 N–H and O–H groups in total. The van der Waals surface area contributed by atoms with Gasteiger partial charge in [0, 0.05) is 0 Å². The Morgan fingerprint density at radius 1 is 0.933 bits per heavy atom. The van der Waals surface area contributed by atoms with Crippen molar-refractivity contribution in [3.63, 3.8) is 0 Å². The molecule has 2 atom stereocenters. The lowest BCUT2D eigenvalue weighted by molar-refractivity contribution is -0.149. The molecule has 0 saturated heterocycles. The summed E-state index contributed by atoms with van der Waals surface area (Å²) >= 11 is 6.12. The molecule has 30 heavy (non-hydrogen) atoms. The Labute approximate surface area is 179 Å². The molecule has 3 rings (SSSR count). The van der Waals surface area contributed by atoms with Crippen molar-refractivity contribution in [1.29, 1.82) is 0 Å². The van der Waals surface area contributed by atoms with E-state index < -0.39 is 18.1 Å². The molecule has 0 bridgehead atoms. The lowest BCUT2D eigenvalue weighted by Crippen LogP contribution is -2.31. The zero-order valence-electron chi connectivity index (χ0n) is 16.3. The Morgan fingerprint density at radius 3 is 2.23 bits per heavy atom. The molecular weight excluding hydrogens is 405 g/mol. The third-order valence-electron chi connectivity index (χ3n) is 4.64. The number of amides is 1. The van der Waals surface area contributed by atoms with E-state index >= 15 is 0 Å². The highest BCUT2D eigenvalue weighted by Gasteiger charge is 2.22. The second kappa shape index (κ2) is 10.0. The normalized spacial score (nSPS) is 12.6. The summed E-state index contributed by atoms with van der Waals surface area (Å²) in [5.74, 6) is -1.22. The smallest absolute Gasteiger partial charge is 0.308 e. The minimum Gasteiger partial charge on any atom is -0.458 e. The highest BCUT2D eigenvalue weighted by molar-refractivity contribution is 6.33. The first kappa shape index (κ1) is 21.5. The SMILES string of the molecule is CC(OC(=O)CC(NC(=O)c1ccccc1Cl)c1ccccc1)c1ccc(F)cc1. The molecule has 0 spiro atoms. The summed E-state index contributed by atoms with van der Waals surface area (Å²) in [6.07, 6.45) is -0.611. The van der Waals surface area contributed by atoms with E-state index in [1.54, 1.807) is 43.3 Å². The van der Waals surface area contributed by atoms with E-state index in [0.717, 1.165) is 5.56 Å². The number of esters is 1. The van der Waals surface area contributed by atoms with Crippen LogP contribution >= 0.6 is 11.6 Å². The van der Waals surface area contributed by atoms with Crippen molar-refractivity contribution >= 4 is 23.5 Å². The average molecular weight is 426 g/mol. The fraction of sp³-hybridized carbons (Fsp3) is 0.167. The zero-order valence-corrected chi connectivity index (χ0v) is 17.1. The van der Waals surface area contributed by atoms with Crippen LogP contribution in [-0.2, 0) is 9.53 Å². The van der Waals surface area contributed by atoms with Gasteiger partial charge in [-0.3, -0.25) is 9.59 Å². The summed E-state index contributed by atoms with van der Waals surface area (Å²) in [5.41, 5.74) is 1.78. The number of hydrogen-bond donors (Lipinski definition) is 1. The van der Waals surface area contributed by atoms with Crippen molar-refractivity contribution in [1.82, 2.24) is 5.32 Å². The third kappa shape index (κ3) is 5.67. The average Bonchev–Trinajstić information content (AvgIpc) is 2.74. The Hall–Kier alpha value is -3.18. The molecule has 154 valence electrons. The van der Waals surface area contributed by atoms with E-state index in [2.05, 4.69) is 5.32 Å². The van der Waals surface area contributed by atoms with Crippen molar-refractivity contribution in [2.24, 2.45) is 0 Å². The van der Waals surface area contributed by atoms with Crippen LogP contribution in [0.25, 0.3) is 0 Å². The Kier molecular flexibility index (Phi) is 7.20. The van der Waals surface area contributed by atoms with E-state index in [1.807, 2.05) is 30.3 Å². The summed E-state index contributed by atoms with van der Waals surface area (Å²) in [4.78, 5) is 25.3. The van der Waals surface area contributed by atoms with Crippen LogP contribution in [0.3, 0.4) is 0 Å². The molecule has 3 aromatic carbocycles. The van der Waals surface area contributed by atoms with Crippen molar-refractivity contribution in [3.8, 4) is 0 Å². The van der Waals surface area contributed by atoms with Crippen LogP contribution in [0.1, 0.15) is 47.0 Å². The van der Waals surface area contributed by atoms with E-state index in [1.165, 1.54) is 12.1 Å². The van der Waals surface area contributed by atoms with Crippen LogP contribution < -0.4 is 5.32 Å². The van der Waals surface area contributed by atoms with Crippen LogP contribution in [0.2, 0.25) is 5.02 Å². The van der Waals surface area contributed by atoms with E-state index in [0.29, 0.717) is 16.1 Å². The predicted molar refractivity (Wildman–Crippen MR) is 114 cm³/mol. The minimum atomic E-state index is -0.595. The van der Waals surface area contributed by atoms with Crippen molar-refractivity contribution in [3.05, 3.63) is 106 Å². The number of benzene rings is 3. The van der Waals surface area contributed by atoms with Crippen molar-refractivity contribution in [2.45, 2.75) is 25.5 Å². The van der Waals surface area contributed by atoms with Crippen LogP contribution in [0, 0.1) is 5.82 Å². The quantitative estimate of drug-likeness (QED) is 0.498. The molecular formula is C24H21ClFNO3. The molecule has 3 aromatic rings. The molecule has 0 heterocycles. The maximum atomic E-state index is 13.1. The highest BCUT2D eigenvalue weighted by atomic mass is 35.5. The molecule has 1 amide bonds. The summed E-state index contributed by atoms with van der Waals surface area (Å²) in [6, 6.07) is 21.1. The zero-order chi connectivity index (χ0) is 21.5.